The Labute approximate surface area is 241 Å². The standard InChI is InChI=1S/C27H28ClN11O2/c1-3-7-23(40)39(22-17-30-21(16-31-22)19-14-33-26(41-2)34-15-19)27(9-5-4-6-10-27)36-25-32-13-18(12-29)24(35-25)20-8-11-38(28)37-20/h8,11,13-17H,3-7,9-10H2,1-2H3,(H,32,35,36). The lowest BCUT2D eigenvalue weighted by atomic mass is 9.87. The van der Waals surface area contributed by atoms with Crippen LogP contribution in [-0.2, 0) is 4.79 Å². The van der Waals surface area contributed by atoms with Crippen LogP contribution in [0.25, 0.3) is 22.6 Å². The van der Waals surface area contributed by atoms with Crippen molar-refractivity contribution in [1.82, 2.24) is 39.2 Å². The van der Waals surface area contributed by atoms with E-state index in [1.807, 2.05) is 6.92 Å². The second-order valence-electron chi connectivity index (χ2n) is 9.57. The molecule has 1 aliphatic carbocycles. The Kier molecular flexibility index (Phi) is 8.30. The van der Waals surface area contributed by atoms with E-state index in [-0.39, 0.29) is 23.4 Å². The first-order valence-electron chi connectivity index (χ1n) is 13.3. The first-order valence-corrected chi connectivity index (χ1v) is 13.6. The molecular formula is C27H28ClN11O2. The van der Waals surface area contributed by atoms with E-state index in [1.54, 1.807) is 42.0 Å². The van der Waals surface area contributed by atoms with Crippen molar-refractivity contribution in [2.45, 2.75) is 57.5 Å². The Morgan fingerprint density at radius 3 is 2.49 bits per heavy atom. The van der Waals surface area contributed by atoms with Gasteiger partial charge in [0.25, 0.3) is 0 Å². The number of nitrogens with one attached hydrogen (secondary N) is 1. The summed E-state index contributed by atoms with van der Waals surface area (Å²) in [6.45, 7) is 1.96. The van der Waals surface area contributed by atoms with Crippen molar-refractivity contribution in [3.05, 3.63) is 48.8 Å². The Hall–Kier alpha value is -4.70. The molecule has 1 saturated carbocycles. The van der Waals surface area contributed by atoms with Gasteiger partial charge in [-0.15, -0.1) is 0 Å². The molecule has 4 heterocycles. The maximum absolute atomic E-state index is 13.7. The summed E-state index contributed by atoms with van der Waals surface area (Å²) in [4.78, 5) is 42.0. The van der Waals surface area contributed by atoms with Crippen molar-refractivity contribution in [3.63, 3.8) is 0 Å². The predicted octanol–water partition coefficient (Wildman–Crippen LogP) is 4.37. The van der Waals surface area contributed by atoms with Gasteiger partial charge in [-0.25, -0.2) is 24.9 Å². The molecule has 0 radical (unpaired) electrons. The van der Waals surface area contributed by atoms with Gasteiger partial charge in [0, 0.05) is 42.4 Å². The largest absolute Gasteiger partial charge is 0.467 e. The van der Waals surface area contributed by atoms with Crippen LogP contribution in [-0.4, -0.2) is 57.9 Å². The van der Waals surface area contributed by atoms with Gasteiger partial charge in [0.15, 0.2) is 5.82 Å². The number of carbonyl (C=O) groups excluding carboxylic acids is 1. The number of aromatic nitrogens is 8. The molecule has 0 atom stereocenters. The van der Waals surface area contributed by atoms with Crippen LogP contribution in [0.3, 0.4) is 0 Å². The molecule has 0 bridgehead atoms. The van der Waals surface area contributed by atoms with Gasteiger partial charge in [0.1, 0.15) is 23.1 Å². The molecule has 210 valence electrons. The maximum Gasteiger partial charge on any atom is 0.316 e. The average Bonchev–Trinajstić information content (AvgIpc) is 3.44. The molecule has 0 aliphatic heterocycles. The zero-order chi connectivity index (χ0) is 28.8. The third-order valence-corrected chi connectivity index (χ3v) is 7.04. The first-order chi connectivity index (χ1) is 20.0. The molecule has 5 rings (SSSR count). The van der Waals surface area contributed by atoms with Crippen LogP contribution < -0.4 is 15.0 Å². The Bertz CT molecular complexity index is 1540. The van der Waals surface area contributed by atoms with Gasteiger partial charge in [0.05, 0.1) is 37.0 Å². The molecule has 13 nitrogen and oxygen atoms in total. The van der Waals surface area contributed by atoms with Gasteiger partial charge in [-0.1, -0.05) is 13.3 Å². The second kappa shape index (κ2) is 12.2. The van der Waals surface area contributed by atoms with Crippen molar-refractivity contribution >= 4 is 29.5 Å². The van der Waals surface area contributed by atoms with Gasteiger partial charge in [-0.3, -0.25) is 14.7 Å². The molecular weight excluding hydrogens is 546 g/mol. The normalized spacial score (nSPS) is 14.2. The summed E-state index contributed by atoms with van der Waals surface area (Å²) in [5.74, 6) is 0.580. The third kappa shape index (κ3) is 5.92. The minimum Gasteiger partial charge on any atom is -0.467 e. The highest BCUT2D eigenvalue weighted by Gasteiger charge is 2.43. The van der Waals surface area contributed by atoms with Gasteiger partial charge in [0.2, 0.25) is 11.9 Å². The van der Waals surface area contributed by atoms with Crippen LogP contribution in [0.15, 0.2) is 43.2 Å². The number of rotatable bonds is 9. The number of halogens is 1. The first kappa shape index (κ1) is 27.9. The minimum absolute atomic E-state index is 0.0912. The van der Waals surface area contributed by atoms with E-state index in [4.69, 9.17) is 16.5 Å². The molecule has 0 aromatic carbocycles. The third-order valence-electron chi connectivity index (χ3n) is 6.85. The Morgan fingerprint density at radius 2 is 1.88 bits per heavy atom. The van der Waals surface area contributed by atoms with Crippen LogP contribution in [0.2, 0.25) is 0 Å². The lowest BCUT2D eigenvalue weighted by Gasteiger charge is -2.46. The molecule has 1 N–H and O–H groups in total. The number of anilines is 2. The van der Waals surface area contributed by atoms with E-state index in [2.05, 4.69) is 46.4 Å². The van der Waals surface area contributed by atoms with Gasteiger partial charge >= 0.3 is 6.01 Å². The Balaban J connectivity index is 1.53. The zero-order valence-electron chi connectivity index (χ0n) is 22.7. The summed E-state index contributed by atoms with van der Waals surface area (Å²) in [5.41, 5.74) is 1.39. The molecule has 4 aromatic rings. The highest BCUT2D eigenvalue weighted by molar-refractivity contribution is 6.14. The van der Waals surface area contributed by atoms with Crippen molar-refractivity contribution < 1.29 is 9.53 Å². The molecule has 0 unspecified atom stereocenters. The van der Waals surface area contributed by atoms with Crippen molar-refractivity contribution in [2.24, 2.45) is 0 Å². The number of hydrogen-bond donors (Lipinski definition) is 1. The zero-order valence-corrected chi connectivity index (χ0v) is 23.4. The van der Waals surface area contributed by atoms with Gasteiger partial charge in [-0.2, -0.15) is 14.6 Å². The van der Waals surface area contributed by atoms with E-state index in [0.717, 1.165) is 23.5 Å². The fraction of sp³-hybridized carbons (Fsp3) is 0.370. The summed E-state index contributed by atoms with van der Waals surface area (Å²) in [6, 6.07) is 4.03. The molecule has 1 fully saturated rings. The summed E-state index contributed by atoms with van der Waals surface area (Å²) < 4.78 is 6.16. The average molecular weight is 574 g/mol. The number of amides is 1. The second-order valence-corrected chi connectivity index (χ2v) is 9.92. The molecule has 1 aliphatic rings. The number of methoxy groups -OCH3 is 1. The van der Waals surface area contributed by atoms with Gasteiger partial charge < -0.3 is 10.1 Å². The van der Waals surface area contributed by atoms with E-state index in [9.17, 15) is 10.1 Å². The van der Waals surface area contributed by atoms with Crippen LogP contribution >= 0.6 is 11.8 Å². The summed E-state index contributed by atoms with van der Waals surface area (Å²) in [6.07, 6.45) is 14.5. The maximum atomic E-state index is 13.7. The topological polar surface area (TPSA) is 161 Å². The van der Waals surface area contributed by atoms with Crippen LogP contribution in [0, 0.1) is 11.3 Å². The summed E-state index contributed by atoms with van der Waals surface area (Å²) in [7, 11) is 1.50. The minimum atomic E-state index is -0.860. The lowest BCUT2D eigenvalue weighted by Crippen LogP contribution is -2.59. The van der Waals surface area contributed by atoms with E-state index >= 15 is 0 Å². The lowest BCUT2D eigenvalue weighted by molar-refractivity contribution is -0.120. The highest BCUT2D eigenvalue weighted by atomic mass is 35.5. The molecule has 4 aromatic heterocycles. The van der Waals surface area contributed by atoms with Crippen molar-refractivity contribution in [1.29, 1.82) is 5.26 Å². The summed E-state index contributed by atoms with van der Waals surface area (Å²) in [5, 5.41) is 17.3. The number of nitrogens with zero attached hydrogens (tertiary/aromatic N) is 10. The molecule has 0 saturated heterocycles. The number of hydrogen-bond acceptors (Lipinski definition) is 11. The molecule has 1 amide bonds. The van der Waals surface area contributed by atoms with Crippen LogP contribution in [0.5, 0.6) is 6.01 Å². The monoisotopic (exact) mass is 573 g/mol. The summed E-state index contributed by atoms with van der Waals surface area (Å²) >= 11 is 5.96. The smallest absolute Gasteiger partial charge is 0.316 e. The fourth-order valence-corrected chi connectivity index (χ4v) is 5.09. The molecule has 14 heteroatoms. The van der Waals surface area contributed by atoms with Crippen LogP contribution in [0.4, 0.5) is 11.8 Å². The number of ether oxygens (including phenoxy) is 1. The quantitative estimate of drug-likeness (QED) is 0.283. The SMILES string of the molecule is CCCC(=O)N(c1cnc(-c2cnc(OC)nc2)cn1)C1(Nc2ncc(C#N)c(-c3ccn(Cl)n3)n2)CCCCC1. The molecule has 0 spiro atoms. The number of carbonyl (C=O) groups is 1. The van der Waals surface area contributed by atoms with E-state index in [0.29, 0.717) is 54.1 Å². The molecule has 41 heavy (non-hydrogen) atoms. The van der Waals surface area contributed by atoms with E-state index < -0.39 is 5.66 Å². The predicted molar refractivity (Wildman–Crippen MR) is 151 cm³/mol. The van der Waals surface area contributed by atoms with E-state index in [1.165, 1.54) is 13.3 Å². The van der Waals surface area contributed by atoms with Crippen LogP contribution in [0.1, 0.15) is 57.4 Å². The highest BCUT2D eigenvalue weighted by Crippen LogP contribution is 2.38. The van der Waals surface area contributed by atoms with Crippen molar-refractivity contribution in [2.75, 3.05) is 17.3 Å². The fourth-order valence-electron chi connectivity index (χ4n) is 4.95. The number of nitriles is 1. The Morgan fingerprint density at radius 1 is 1.10 bits per heavy atom. The van der Waals surface area contributed by atoms with Crippen molar-refractivity contribution in [3.8, 4) is 34.7 Å². The van der Waals surface area contributed by atoms with Gasteiger partial charge in [-0.05, 0) is 38.2 Å².